The lowest BCUT2D eigenvalue weighted by Gasteiger charge is -2.10. The van der Waals surface area contributed by atoms with Gasteiger partial charge in [0.05, 0.1) is 6.10 Å². The normalized spacial score (nSPS) is 19.3. The summed E-state index contributed by atoms with van der Waals surface area (Å²) in [5, 5.41) is 1.24. The van der Waals surface area contributed by atoms with E-state index in [4.69, 9.17) is 10.5 Å². The second-order valence-corrected chi connectivity index (χ2v) is 5.18. The van der Waals surface area contributed by atoms with E-state index >= 15 is 0 Å². The quantitative estimate of drug-likeness (QED) is 0.894. The first-order chi connectivity index (χ1) is 9.38. The molecule has 0 radical (unpaired) electrons. The van der Waals surface area contributed by atoms with Gasteiger partial charge >= 0.3 is 0 Å². The van der Waals surface area contributed by atoms with E-state index in [-0.39, 0.29) is 0 Å². The fourth-order valence-electron chi connectivity index (χ4n) is 2.88. The second-order valence-electron chi connectivity index (χ2n) is 5.18. The molecule has 1 unspecified atom stereocenters. The Morgan fingerprint density at radius 3 is 3.21 bits per heavy atom. The molecule has 1 aliphatic heterocycles. The Balaban J connectivity index is 1.81. The smallest absolute Gasteiger partial charge is 0.140 e. The minimum absolute atomic E-state index is 0.430. The lowest BCUT2D eigenvalue weighted by Crippen LogP contribution is -2.09. The third kappa shape index (κ3) is 2.65. The zero-order valence-electron chi connectivity index (χ0n) is 11.2. The summed E-state index contributed by atoms with van der Waals surface area (Å²) in [5.74, 6) is 0. The van der Waals surface area contributed by atoms with Crippen LogP contribution in [0.4, 0.5) is 0 Å². The van der Waals surface area contributed by atoms with Crippen LogP contribution >= 0.6 is 0 Å². The summed E-state index contributed by atoms with van der Waals surface area (Å²) < 4.78 is 7.94. The van der Waals surface area contributed by atoms with Crippen LogP contribution in [0.25, 0.3) is 11.0 Å². The summed E-state index contributed by atoms with van der Waals surface area (Å²) in [5.41, 5.74) is 8.06. The van der Waals surface area contributed by atoms with Crippen molar-refractivity contribution in [1.82, 2.24) is 9.55 Å². The van der Waals surface area contributed by atoms with Crippen LogP contribution in [-0.2, 0) is 17.7 Å². The van der Waals surface area contributed by atoms with E-state index in [1.807, 2.05) is 12.3 Å². The molecule has 0 amide bonds. The van der Waals surface area contributed by atoms with Crippen molar-refractivity contribution in [3.05, 3.63) is 30.1 Å². The summed E-state index contributed by atoms with van der Waals surface area (Å²) in [4.78, 5) is 4.51. The van der Waals surface area contributed by atoms with Gasteiger partial charge in [-0.3, -0.25) is 0 Å². The summed E-state index contributed by atoms with van der Waals surface area (Å²) in [6, 6.07) is 4.13. The van der Waals surface area contributed by atoms with Gasteiger partial charge < -0.3 is 15.0 Å². The van der Waals surface area contributed by atoms with Crippen molar-refractivity contribution in [2.75, 3.05) is 13.2 Å². The molecule has 0 aliphatic carbocycles. The maximum atomic E-state index is 5.69. The standard InChI is InChI=1S/C15H21N3O/c16-7-5-12-11-18(9-6-13-3-2-10-19-13)15-14(12)4-1-8-17-15/h1,4,8,11,13H,2-3,5-7,9-10,16H2. The molecule has 2 aromatic heterocycles. The number of hydrogen-bond donors (Lipinski definition) is 1. The number of hydrogen-bond acceptors (Lipinski definition) is 3. The Morgan fingerprint density at radius 1 is 1.47 bits per heavy atom. The Hall–Kier alpha value is -1.39. The molecule has 19 heavy (non-hydrogen) atoms. The topological polar surface area (TPSA) is 53.1 Å². The molecule has 1 saturated heterocycles. The number of nitrogens with two attached hydrogens (primary N) is 1. The van der Waals surface area contributed by atoms with Gasteiger partial charge in [0.2, 0.25) is 0 Å². The van der Waals surface area contributed by atoms with Crippen molar-refractivity contribution >= 4 is 11.0 Å². The minimum Gasteiger partial charge on any atom is -0.378 e. The van der Waals surface area contributed by atoms with Gasteiger partial charge in [0.15, 0.2) is 0 Å². The van der Waals surface area contributed by atoms with Gasteiger partial charge in [-0.2, -0.15) is 0 Å². The van der Waals surface area contributed by atoms with E-state index < -0.39 is 0 Å². The zero-order chi connectivity index (χ0) is 13.1. The van der Waals surface area contributed by atoms with Crippen molar-refractivity contribution in [2.45, 2.75) is 38.3 Å². The minimum atomic E-state index is 0.430. The molecular weight excluding hydrogens is 238 g/mol. The molecular formula is C15H21N3O. The van der Waals surface area contributed by atoms with Crippen LogP contribution in [0.3, 0.4) is 0 Å². The maximum absolute atomic E-state index is 5.69. The van der Waals surface area contributed by atoms with Crippen molar-refractivity contribution in [1.29, 1.82) is 0 Å². The number of fused-ring (bicyclic) bond motifs is 1. The van der Waals surface area contributed by atoms with Gasteiger partial charge in [-0.15, -0.1) is 0 Å². The molecule has 2 aromatic rings. The maximum Gasteiger partial charge on any atom is 0.140 e. The Kier molecular flexibility index (Phi) is 3.80. The molecule has 3 heterocycles. The molecule has 102 valence electrons. The highest BCUT2D eigenvalue weighted by Gasteiger charge is 2.16. The van der Waals surface area contributed by atoms with Gasteiger partial charge in [0, 0.05) is 30.9 Å². The SMILES string of the molecule is NCCc1cn(CCC2CCCO2)c2ncccc12. The molecule has 4 heteroatoms. The van der Waals surface area contributed by atoms with Crippen molar-refractivity contribution < 1.29 is 4.74 Å². The first kappa shape index (κ1) is 12.6. The number of aryl methyl sites for hydroxylation is 1. The first-order valence-electron chi connectivity index (χ1n) is 7.13. The molecule has 3 rings (SSSR count). The summed E-state index contributed by atoms with van der Waals surface area (Å²) >= 11 is 0. The van der Waals surface area contributed by atoms with Gasteiger partial charge in [0.25, 0.3) is 0 Å². The number of pyridine rings is 1. The van der Waals surface area contributed by atoms with Crippen LogP contribution in [0, 0.1) is 0 Å². The Labute approximate surface area is 113 Å². The number of rotatable bonds is 5. The van der Waals surface area contributed by atoms with Crippen LogP contribution in [0.1, 0.15) is 24.8 Å². The van der Waals surface area contributed by atoms with E-state index in [1.54, 1.807) is 0 Å². The lowest BCUT2D eigenvalue weighted by atomic mass is 10.2. The predicted molar refractivity (Wildman–Crippen MR) is 76.1 cm³/mol. The van der Waals surface area contributed by atoms with Crippen LogP contribution < -0.4 is 5.73 Å². The Bertz CT molecular complexity index is 543. The predicted octanol–water partition coefficient (Wildman–Crippen LogP) is 2.11. The highest BCUT2D eigenvalue weighted by atomic mass is 16.5. The van der Waals surface area contributed by atoms with Crippen molar-refractivity contribution in [3.63, 3.8) is 0 Å². The lowest BCUT2D eigenvalue weighted by molar-refractivity contribution is 0.101. The van der Waals surface area contributed by atoms with Gasteiger partial charge in [-0.25, -0.2) is 4.98 Å². The van der Waals surface area contributed by atoms with Crippen LogP contribution in [-0.4, -0.2) is 28.8 Å². The molecule has 0 bridgehead atoms. The van der Waals surface area contributed by atoms with E-state index in [0.29, 0.717) is 12.6 Å². The molecule has 4 nitrogen and oxygen atoms in total. The highest BCUT2D eigenvalue weighted by molar-refractivity contribution is 5.80. The third-order valence-electron chi connectivity index (χ3n) is 3.85. The van der Waals surface area contributed by atoms with Crippen LogP contribution in [0.5, 0.6) is 0 Å². The first-order valence-corrected chi connectivity index (χ1v) is 7.13. The fourth-order valence-corrected chi connectivity index (χ4v) is 2.88. The number of aromatic nitrogens is 2. The van der Waals surface area contributed by atoms with Crippen molar-refractivity contribution in [3.8, 4) is 0 Å². The monoisotopic (exact) mass is 259 g/mol. The number of nitrogens with zero attached hydrogens (tertiary/aromatic N) is 2. The van der Waals surface area contributed by atoms with Gasteiger partial charge in [-0.1, -0.05) is 0 Å². The molecule has 1 aliphatic rings. The van der Waals surface area contributed by atoms with E-state index in [9.17, 15) is 0 Å². The van der Waals surface area contributed by atoms with Gasteiger partial charge in [0.1, 0.15) is 5.65 Å². The van der Waals surface area contributed by atoms with E-state index in [2.05, 4.69) is 21.8 Å². The average molecular weight is 259 g/mol. The van der Waals surface area contributed by atoms with E-state index in [0.717, 1.165) is 31.6 Å². The second kappa shape index (κ2) is 5.72. The highest BCUT2D eigenvalue weighted by Crippen LogP contribution is 2.22. The molecule has 1 atom stereocenters. The zero-order valence-corrected chi connectivity index (χ0v) is 11.2. The summed E-state index contributed by atoms with van der Waals surface area (Å²) in [6.07, 6.45) is 8.88. The molecule has 0 spiro atoms. The van der Waals surface area contributed by atoms with Gasteiger partial charge in [-0.05, 0) is 49.9 Å². The molecule has 0 aromatic carbocycles. The number of ether oxygens (including phenoxy) is 1. The van der Waals surface area contributed by atoms with E-state index in [1.165, 1.54) is 23.8 Å². The molecule has 2 N–H and O–H groups in total. The molecule has 0 saturated carbocycles. The largest absolute Gasteiger partial charge is 0.378 e. The summed E-state index contributed by atoms with van der Waals surface area (Å²) in [7, 11) is 0. The van der Waals surface area contributed by atoms with Crippen LogP contribution in [0.15, 0.2) is 24.5 Å². The molecule has 1 fully saturated rings. The average Bonchev–Trinajstić information content (AvgIpc) is 3.06. The fraction of sp³-hybridized carbons (Fsp3) is 0.533. The van der Waals surface area contributed by atoms with Crippen LogP contribution in [0.2, 0.25) is 0 Å². The Morgan fingerprint density at radius 2 is 2.42 bits per heavy atom. The third-order valence-corrected chi connectivity index (χ3v) is 3.85. The van der Waals surface area contributed by atoms with Crippen molar-refractivity contribution in [2.24, 2.45) is 5.73 Å². The summed E-state index contributed by atoms with van der Waals surface area (Å²) in [6.45, 7) is 2.58.